The molecule has 0 bridgehead atoms. The van der Waals surface area contributed by atoms with E-state index in [2.05, 4.69) is 9.98 Å². The van der Waals surface area contributed by atoms with E-state index in [1.54, 1.807) is 0 Å². The van der Waals surface area contributed by atoms with Crippen molar-refractivity contribution in [3.63, 3.8) is 0 Å². The topological polar surface area (TPSA) is 28.2 Å². The van der Waals surface area contributed by atoms with Crippen LogP contribution in [0.15, 0.2) is 24.3 Å². The van der Waals surface area contributed by atoms with Gasteiger partial charge in [-0.15, -0.1) is 0 Å². The van der Waals surface area contributed by atoms with E-state index in [0.717, 1.165) is 23.8 Å². The SMILES string of the molecule is c1ccc2c(c1)=[N+]CC[N+]=2. The second-order valence-electron chi connectivity index (χ2n) is 2.25. The first-order valence-electron chi connectivity index (χ1n) is 3.41. The molecule has 0 aliphatic carbocycles. The van der Waals surface area contributed by atoms with Gasteiger partial charge in [0.1, 0.15) is 0 Å². The lowest BCUT2D eigenvalue weighted by atomic mass is 10.3. The van der Waals surface area contributed by atoms with Gasteiger partial charge in [0.05, 0.1) is 0 Å². The summed E-state index contributed by atoms with van der Waals surface area (Å²) >= 11 is 0. The van der Waals surface area contributed by atoms with Crippen molar-refractivity contribution in [2.75, 3.05) is 13.1 Å². The van der Waals surface area contributed by atoms with Crippen LogP contribution in [0.2, 0.25) is 0 Å². The maximum Gasteiger partial charge on any atom is 0.346 e. The standard InChI is InChI=1S/C8H8N2/c1-2-4-8-7(3-1)9-5-6-10-8/h1-4H,5-6H2/q+2. The van der Waals surface area contributed by atoms with E-state index in [9.17, 15) is 0 Å². The third kappa shape index (κ3) is 0.817. The van der Waals surface area contributed by atoms with Crippen LogP contribution < -0.4 is 20.7 Å². The predicted octanol–water partition coefficient (Wildman–Crippen LogP) is -1.39. The highest BCUT2D eigenvalue weighted by Crippen LogP contribution is 1.68. The van der Waals surface area contributed by atoms with Crippen LogP contribution in [0, 0.1) is 0 Å². The monoisotopic (exact) mass is 132 g/mol. The van der Waals surface area contributed by atoms with E-state index >= 15 is 0 Å². The number of fused-ring (bicyclic) bond motifs is 1. The van der Waals surface area contributed by atoms with E-state index in [1.165, 1.54) is 0 Å². The minimum Gasteiger partial charge on any atom is -0.0549 e. The quantitative estimate of drug-likeness (QED) is 0.416. The molecule has 1 aliphatic rings. The van der Waals surface area contributed by atoms with E-state index in [0.29, 0.717) is 0 Å². The molecule has 0 amide bonds. The van der Waals surface area contributed by atoms with Crippen LogP contribution in [0.3, 0.4) is 0 Å². The highest BCUT2D eigenvalue weighted by atomic mass is 14.8. The van der Waals surface area contributed by atoms with Crippen LogP contribution in [0.4, 0.5) is 0 Å². The number of nitrogens with zero attached hydrogens (tertiary/aromatic N) is 2. The van der Waals surface area contributed by atoms with E-state index in [1.807, 2.05) is 24.3 Å². The van der Waals surface area contributed by atoms with Crippen LogP contribution >= 0.6 is 0 Å². The predicted molar refractivity (Wildman–Crippen MR) is 37.9 cm³/mol. The highest BCUT2D eigenvalue weighted by Gasteiger charge is 2.13. The van der Waals surface area contributed by atoms with Gasteiger partial charge < -0.3 is 0 Å². The van der Waals surface area contributed by atoms with Crippen molar-refractivity contribution in [3.8, 4) is 0 Å². The van der Waals surface area contributed by atoms with E-state index < -0.39 is 0 Å². The van der Waals surface area contributed by atoms with Gasteiger partial charge in [0.2, 0.25) is 0 Å². The fourth-order valence-electron chi connectivity index (χ4n) is 1.07. The molecular formula is C8H8N2+2. The van der Waals surface area contributed by atoms with Gasteiger partial charge in [0, 0.05) is 22.1 Å². The van der Waals surface area contributed by atoms with E-state index in [-0.39, 0.29) is 0 Å². The molecule has 2 heteroatoms. The molecule has 0 atom stereocenters. The molecule has 0 saturated carbocycles. The Morgan fingerprint density at radius 2 is 1.40 bits per heavy atom. The fourth-order valence-corrected chi connectivity index (χ4v) is 1.07. The van der Waals surface area contributed by atoms with Crippen LogP contribution in [0.1, 0.15) is 0 Å². The van der Waals surface area contributed by atoms with Crippen LogP contribution in [-0.4, -0.2) is 13.1 Å². The number of benzene rings is 1. The molecule has 0 N–H and O–H groups in total. The van der Waals surface area contributed by atoms with Crippen LogP contribution in [0.5, 0.6) is 0 Å². The summed E-state index contributed by atoms with van der Waals surface area (Å²) in [6.45, 7) is 1.69. The van der Waals surface area contributed by atoms with Gasteiger partial charge in [0.25, 0.3) is 13.1 Å². The molecule has 1 aromatic carbocycles. The third-order valence-electron chi connectivity index (χ3n) is 1.55. The molecule has 10 heavy (non-hydrogen) atoms. The maximum atomic E-state index is 4.30. The van der Waals surface area contributed by atoms with Gasteiger partial charge in [-0.05, 0) is 0 Å². The molecule has 2 radical (unpaired) electrons. The molecule has 2 rings (SSSR count). The minimum absolute atomic E-state index is 0.844. The van der Waals surface area contributed by atoms with Gasteiger partial charge >= 0.3 is 10.7 Å². The third-order valence-corrected chi connectivity index (χ3v) is 1.55. The highest BCUT2D eigenvalue weighted by molar-refractivity contribution is 5.00. The second-order valence-corrected chi connectivity index (χ2v) is 2.25. The first-order chi connectivity index (χ1) is 4.97. The Morgan fingerprint density at radius 1 is 0.900 bits per heavy atom. The smallest absolute Gasteiger partial charge is 0.0549 e. The number of hydrogen-bond donors (Lipinski definition) is 0. The summed E-state index contributed by atoms with van der Waals surface area (Å²) in [4.78, 5) is 8.60. The summed E-state index contributed by atoms with van der Waals surface area (Å²) in [5.41, 5.74) is 0. The van der Waals surface area contributed by atoms with Crippen molar-refractivity contribution in [2.24, 2.45) is 0 Å². The number of hydrogen-bond acceptors (Lipinski definition) is 2. The fraction of sp³-hybridized carbons (Fsp3) is 0.250. The Morgan fingerprint density at radius 3 is 1.90 bits per heavy atom. The molecular weight excluding hydrogens is 124 g/mol. The van der Waals surface area contributed by atoms with Crippen LogP contribution in [-0.2, 0) is 0 Å². The maximum absolute atomic E-state index is 4.30. The molecule has 0 saturated heterocycles. The Bertz CT molecular complexity index is 306. The number of para-hydroxylation sites is 2. The van der Waals surface area contributed by atoms with E-state index in [4.69, 9.17) is 0 Å². The Kier molecular flexibility index (Phi) is 1.24. The zero-order valence-corrected chi connectivity index (χ0v) is 5.62. The largest absolute Gasteiger partial charge is 0.346 e. The molecule has 0 unspecified atom stereocenters. The van der Waals surface area contributed by atoms with Crippen molar-refractivity contribution >= 4 is 0 Å². The van der Waals surface area contributed by atoms with Crippen molar-refractivity contribution < 1.29 is 0 Å². The lowest BCUT2D eigenvalue weighted by Crippen LogP contribution is -2.40. The van der Waals surface area contributed by atoms with Crippen molar-refractivity contribution in [1.29, 1.82) is 0 Å². The summed E-state index contributed by atoms with van der Waals surface area (Å²) in [6.07, 6.45) is 0. The molecule has 0 spiro atoms. The zero-order chi connectivity index (χ0) is 6.81. The summed E-state index contributed by atoms with van der Waals surface area (Å²) in [7, 11) is 0. The summed E-state index contributed by atoms with van der Waals surface area (Å²) in [5.74, 6) is 0. The normalized spacial score (nSPS) is 14.8. The van der Waals surface area contributed by atoms with Gasteiger partial charge in [-0.25, -0.2) is 0 Å². The van der Waals surface area contributed by atoms with Crippen molar-refractivity contribution in [3.05, 3.63) is 35.0 Å². The van der Waals surface area contributed by atoms with Gasteiger partial charge in [-0.2, -0.15) is 0 Å². The number of rotatable bonds is 0. The molecule has 0 fully saturated rings. The van der Waals surface area contributed by atoms with Gasteiger partial charge in [0.15, 0.2) is 0 Å². The lowest BCUT2D eigenvalue weighted by molar-refractivity contribution is 0.748. The molecule has 2 nitrogen and oxygen atoms in total. The van der Waals surface area contributed by atoms with Crippen molar-refractivity contribution in [2.45, 2.75) is 0 Å². The first-order valence-corrected chi connectivity index (χ1v) is 3.41. The lowest BCUT2D eigenvalue weighted by Gasteiger charge is -1.75. The average molecular weight is 132 g/mol. The first kappa shape index (κ1) is 5.59. The average Bonchev–Trinajstić information content (AvgIpc) is 2.05. The molecule has 1 aromatic rings. The minimum atomic E-state index is 0.844. The molecule has 48 valence electrons. The van der Waals surface area contributed by atoms with Crippen LogP contribution in [0.25, 0.3) is 0 Å². The van der Waals surface area contributed by atoms with Crippen molar-refractivity contribution in [1.82, 2.24) is 9.98 Å². The van der Waals surface area contributed by atoms with Gasteiger partial charge in [-0.1, -0.05) is 12.1 Å². The Labute approximate surface area is 58.9 Å². The Balaban J connectivity index is 2.84. The summed E-state index contributed by atoms with van der Waals surface area (Å²) in [6, 6.07) is 7.97. The molecule has 0 aromatic heterocycles. The summed E-state index contributed by atoms with van der Waals surface area (Å²) in [5, 5.41) is 2.07. The summed E-state index contributed by atoms with van der Waals surface area (Å²) < 4.78 is 0. The zero-order valence-electron chi connectivity index (χ0n) is 5.62. The molecule has 1 heterocycles. The second kappa shape index (κ2) is 2.21. The Hall–Kier alpha value is -1.18. The molecule has 1 aliphatic heterocycles. The van der Waals surface area contributed by atoms with Gasteiger partial charge in [-0.3, -0.25) is 0 Å².